The van der Waals surface area contributed by atoms with E-state index in [2.05, 4.69) is 6.07 Å². The minimum absolute atomic E-state index is 0. The van der Waals surface area contributed by atoms with Crippen LogP contribution in [0.2, 0.25) is 0 Å². The second-order valence-electron chi connectivity index (χ2n) is 3.92. The normalized spacial score (nSPS) is 10.1. The van der Waals surface area contributed by atoms with Gasteiger partial charge in [-0.25, -0.2) is 4.39 Å². The van der Waals surface area contributed by atoms with Crippen LogP contribution in [0, 0.1) is 11.9 Å². The monoisotopic (exact) mass is 310 g/mol. The molecule has 0 amide bonds. The molecule has 2 heteroatoms. The maximum Gasteiger partial charge on any atom is 0.0900 e. The zero-order chi connectivity index (χ0) is 11.7. The van der Waals surface area contributed by atoms with Gasteiger partial charge in [0.15, 0.2) is 0 Å². The Morgan fingerprint density at radius 3 is 2.39 bits per heavy atom. The molecule has 0 fully saturated rings. The van der Waals surface area contributed by atoms with Gasteiger partial charge < -0.3 is 0 Å². The molecule has 3 rings (SSSR count). The smallest absolute Gasteiger partial charge is 0.0900 e. The van der Waals surface area contributed by atoms with Crippen LogP contribution in [-0.4, -0.2) is 0 Å². The van der Waals surface area contributed by atoms with Crippen LogP contribution in [0.3, 0.4) is 0 Å². The molecular weight excluding hydrogens is 300 g/mol. The molecule has 0 aliphatic heterocycles. The zero-order valence-corrected chi connectivity index (χ0v) is 12.6. The Hall–Kier alpha value is -1.05. The van der Waals surface area contributed by atoms with Crippen LogP contribution >= 0.6 is 0 Å². The summed E-state index contributed by atoms with van der Waals surface area (Å²) in [4.78, 5) is 0. The fourth-order valence-corrected chi connectivity index (χ4v) is 2.07. The van der Waals surface area contributed by atoms with Crippen molar-refractivity contribution >= 4 is 10.8 Å². The number of hydrogen-bond acceptors (Lipinski definition) is 0. The first kappa shape index (κ1) is 13.4. The predicted octanol–water partition coefficient (Wildman–Crippen LogP) is 4.44. The van der Waals surface area contributed by atoms with Crippen molar-refractivity contribution in [2.24, 2.45) is 0 Å². The molecule has 0 nitrogen and oxygen atoms in total. The number of rotatable bonds is 1. The van der Waals surface area contributed by atoms with E-state index in [-0.39, 0.29) is 38.5 Å². The Bertz CT molecular complexity index is 662. The van der Waals surface area contributed by atoms with Crippen molar-refractivity contribution in [2.45, 2.75) is 0 Å². The van der Waals surface area contributed by atoms with Crippen molar-refractivity contribution in [3.63, 3.8) is 0 Å². The Morgan fingerprint density at radius 1 is 0.833 bits per heavy atom. The van der Waals surface area contributed by atoms with E-state index in [0.29, 0.717) is 5.56 Å². The average Bonchev–Trinajstić information content (AvgIpc) is 2.39. The van der Waals surface area contributed by atoms with Gasteiger partial charge >= 0.3 is 0 Å². The molecule has 18 heavy (non-hydrogen) atoms. The second-order valence-corrected chi connectivity index (χ2v) is 3.92. The van der Waals surface area contributed by atoms with Gasteiger partial charge in [-0.1, -0.05) is 35.9 Å². The summed E-state index contributed by atoms with van der Waals surface area (Å²) in [6.07, 6.45) is 0. The minimum Gasteiger partial charge on any atom is -0.217 e. The van der Waals surface area contributed by atoms with Crippen molar-refractivity contribution in [3.8, 4) is 11.1 Å². The van der Waals surface area contributed by atoms with Crippen LogP contribution in [0.15, 0.2) is 60.7 Å². The molecule has 0 heterocycles. The topological polar surface area (TPSA) is 0 Å². The van der Waals surface area contributed by atoms with Gasteiger partial charge in [0.05, 0.1) is 5.82 Å². The van der Waals surface area contributed by atoms with E-state index < -0.39 is 0 Å². The second kappa shape index (κ2) is 5.73. The van der Waals surface area contributed by atoms with Crippen molar-refractivity contribution in [3.05, 3.63) is 72.5 Å². The van der Waals surface area contributed by atoms with E-state index in [1.807, 2.05) is 42.5 Å². The predicted molar refractivity (Wildman–Crippen MR) is 68.2 cm³/mol. The van der Waals surface area contributed by atoms with Crippen molar-refractivity contribution in [2.75, 3.05) is 0 Å². The first-order chi connectivity index (χ1) is 8.36. The Balaban J connectivity index is 0.00000120. The molecule has 3 aromatic rings. The van der Waals surface area contributed by atoms with Gasteiger partial charge in [0, 0.05) is 32.7 Å². The standard InChI is InChI=1S/C16H10F.Y/c17-15-11-10-12-6-4-5-9-14(12)16(15)13-7-2-1-3-8-13;/h1-7,9-11H;/q-1;. The van der Waals surface area contributed by atoms with Crippen LogP contribution < -0.4 is 0 Å². The van der Waals surface area contributed by atoms with Gasteiger partial charge in [-0.15, -0.1) is 35.9 Å². The Kier molecular flexibility index (Phi) is 4.26. The fraction of sp³-hybridized carbons (Fsp3) is 0. The van der Waals surface area contributed by atoms with Gasteiger partial charge in [0.25, 0.3) is 0 Å². The van der Waals surface area contributed by atoms with Gasteiger partial charge in [-0.3, -0.25) is 0 Å². The van der Waals surface area contributed by atoms with Crippen LogP contribution in [-0.2, 0) is 32.7 Å². The van der Waals surface area contributed by atoms with Crippen LogP contribution in [0.25, 0.3) is 21.9 Å². The van der Waals surface area contributed by atoms with E-state index in [9.17, 15) is 4.39 Å². The summed E-state index contributed by atoms with van der Waals surface area (Å²) in [6, 6.07) is 21.7. The third kappa shape index (κ3) is 2.38. The summed E-state index contributed by atoms with van der Waals surface area (Å²) in [6.45, 7) is 0. The van der Waals surface area contributed by atoms with Gasteiger partial charge in [-0.2, -0.15) is 0 Å². The molecule has 1 radical (unpaired) electrons. The van der Waals surface area contributed by atoms with E-state index in [0.717, 1.165) is 16.3 Å². The molecular formula is C16H10FY-. The third-order valence-electron chi connectivity index (χ3n) is 2.86. The van der Waals surface area contributed by atoms with Gasteiger partial charge in [0.2, 0.25) is 0 Å². The quantitative estimate of drug-likeness (QED) is 0.583. The first-order valence-corrected chi connectivity index (χ1v) is 5.50. The molecule has 0 aliphatic carbocycles. The summed E-state index contributed by atoms with van der Waals surface area (Å²) in [5, 5.41) is 1.97. The Morgan fingerprint density at radius 2 is 1.61 bits per heavy atom. The molecule has 0 N–H and O–H groups in total. The van der Waals surface area contributed by atoms with E-state index >= 15 is 0 Å². The molecule has 0 bridgehead atoms. The number of halogens is 1. The van der Waals surface area contributed by atoms with E-state index in [4.69, 9.17) is 0 Å². The maximum absolute atomic E-state index is 14.0. The Labute approximate surface area is 131 Å². The molecule has 0 aromatic heterocycles. The van der Waals surface area contributed by atoms with Crippen molar-refractivity contribution < 1.29 is 37.1 Å². The largest absolute Gasteiger partial charge is 0.217 e. The average molecular weight is 310 g/mol. The van der Waals surface area contributed by atoms with E-state index in [1.165, 1.54) is 6.07 Å². The zero-order valence-electron chi connectivity index (χ0n) is 9.73. The molecule has 0 atom stereocenters. The van der Waals surface area contributed by atoms with Crippen LogP contribution in [0.5, 0.6) is 0 Å². The molecule has 0 aliphatic rings. The summed E-state index contributed by atoms with van der Waals surface area (Å²) in [5.41, 5.74) is 1.42. The third-order valence-corrected chi connectivity index (χ3v) is 2.86. The molecule has 0 spiro atoms. The van der Waals surface area contributed by atoms with Crippen LogP contribution in [0.1, 0.15) is 0 Å². The molecule has 85 valence electrons. The van der Waals surface area contributed by atoms with Gasteiger partial charge in [0.1, 0.15) is 0 Å². The minimum atomic E-state index is -0.203. The SMILES string of the molecule is Fc1ccc2ccccc2c1-c1[c-]cccc1.[Y]. The van der Waals surface area contributed by atoms with E-state index in [1.54, 1.807) is 12.1 Å². The molecule has 0 saturated heterocycles. The summed E-state index contributed by atoms with van der Waals surface area (Å²) < 4.78 is 14.0. The maximum atomic E-state index is 14.0. The molecule has 0 unspecified atom stereocenters. The summed E-state index contributed by atoms with van der Waals surface area (Å²) in [7, 11) is 0. The number of benzene rings is 3. The summed E-state index contributed by atoms with van der Waals surface area (Å²) in [5.74, 6) is -0.203. The number of fused-ring (bicyclic) bond motifs is 1. The first-order valence-electron chi connectivity index (χ1n) is 5.50. The molecule has 3 aromatic carbocycles. The fourth-order valence-electron chi connectivity index (χ4n) is 2.07. The van der Waals surface area contributed by atoms with Gasteiger partial charge in [-0.05, 0) is 16.8 Å². The van der Waals surface area contributed by atoms with Crippen molar-refractivity contribution in [1.29, 1.82) is 0 Å². The number of hydrogen-bond donors (Lipinski definition) is 0. The van der Waals surface area contributed by atoms with Crippen molar-refractivity contribution in [1.82, 2.24) is 0 Å². The van der Waals surface area contributed by atoms with Crippen LogP contribution in [0.4, 0.5) is 4.39 Å². The summed E-state index contributed by atoms with van der Waals surface area (Å²) >= 11 is 0. The molecule has 0 saturated carbocycles.